The zero-order valence-corrected chi connectivity index (χ0v) is 25.3. The van der Waals surface area contributed by atoms with E-state index in [9.17, 15) is 22.8 Å². The maximum absolute atomic E-state index is 13.6. The topological polar surface area (TPSA) is 91.3 Å². The Morgan fingerprint density at radius 3 is 2.64 bits per heavy atom. The number of hydrogen-bond acceptors (Lipinski definition) is 5. The number of amides is 2. The molecule has 4 aromatic rings. The molecule has 1 unspecified atom stereocenters. The van der Waals surface area contributed by atoms with E-state index >= 15 is 0 Å². The van der Waals surface area contributed by atoms with Gasteiger partial charge in [0.05, 0.1) is 22.3 Å². The van der Waals surface area contributed by atoms with Gasteiger partial charge in [0, 0.05) is 29.9 Å². The third-order valence-corrected chi connectivity index (χ3v) is 8.02. The second-order valence-electron chi connectivity index (χ2n) is 11.6. The van der Waals surface area contributed by atoms with Crippen molar-refractivity contribution >= 4 is 34.2 Å². The van der Waals surface area contributed by atoms with Crippen LogP contribution in [0.4, 0.5) is 24.5 Å². The minimum atomic E-state index is -4.46. The molecule has 1 aliphatic heterocycles. The van der Waals surface area contributed by atoms with Gasteiger partial charge in [0.25, 0.3) is 5.91 Å². The van der Waals surface area contributed by atoms with Gasteiger partial charge in [-0.2, -0.15) is 13.2 Å². The first-order valence-electron chi connectivity index (χ1n) is 14.8. The lowest BCUT2D eigenvalue weighted by Gasteiger charge is -2.23. The van der Waals surface area contributed by atoms with E-state index in [4.69, 9.17) is 4.98 Å². The van der Waals surface area contributed by atoms with Gasteiger partial charge in [-0.3, -0.25) is 9.59 Å². The summed E-state index contributed by atoms with van der Waals surface area (Å²) in [5.41, 5.74) is 3.50. The van der Waals surface area contributed by atoms with Gasteiger partial charge in [0.1, 0.15) is 11.9 Å². The minimum Gasteiger partial charge on any atom is -0.385 e. The molecule has 1 aliphatic rings. The van der Waals surface area contributed by atoms with Gasteiger partial charge in [-0.15, -0.1) is 0 Å². The summed E-state index contributed by atoms with van der Waals surface area (Å²) in [6.07, 6.45) is -2.73. The summed E-state index contributed by atoms with van der Waals surface area (Å²) in [5.74, 6) is 0.0539. The van der Waals surface area contributed by atoms with E-state index in [1.165, 1.54) is 12.1 Å². The first kappa shape index (κ1) is 31.1. The van der Waals surface area contributed by atoms with E-state index in [1.54, 1.807) is 18.2 Å². The van der Waals surface area contributed by atoms with Gasteiger partial charge >= 0.3 is 6.18 Å². The maximum atomic E-state index is 13.6. The third-order valence-electron chi connectivity index (χ3n) is 8.02. The molecule has 0 aliphatic carbocycles. The maximum Gasteiger partial charge on any atom is 0.416 e. The van der Waals surface area contributed by atoms with Crippen LogP contribution in [0.1, 0.15) is 54.2 Å². The van der Waals surface area contributed by atoms with Crippen LogP contribution in [0.25, 0.3) is 22.4 Å². The second kappa shape index (κ2) is 12.7. The summed E-state index contributed by atoms with van der Waals surface area (Å²) < 4.78 is 41.3. The van der Waals surface area contributed by atoms with Gasteiger partial charge < -0.3 is 25.4 Å². The van der Waals surface area contributed by atoms with Crippen molar-refractivity contribution in [3.8, 4) is 11.4 Å². The molecule has 8 nitrogen and oxygen atoms in total. The van der Waals surface area contributed by atoms with E-state index in [1.807, 2.05) is 50.7 Å². The Bertz CT molecular complexity index is 1680. The number of imidazole rings is 1. The van der Waals surface area contributed by atoms with Crippen LogP contribution >= 0.6 is 0 Å². The highest BCUT2D eigenvalue weighted by molar-refractivity contribution is 6.03. The van der Waals surface area contributed by atoms with Crippen LogP contribution in [0.15, 0.2) is 60.7 Å². The Kier molecular flexibility index (Phi) is 8.96. The molecule has 1 aromatic heterocycles. The van der Waals surface area contributed by atoms with Gasteiger partial charge in [-0.25, -0.2) is 4.98 Å². The van der Waals surface area contributed by atoms with Gasteiger partial charge in [-0.1, -0.05) is 32.4 Å². The second-order valence-corrected chi connectivity index (χ2v) is 11.6. The van der Waals surface area contributed by atoms with E-state index in [0.29, 0.717) is 33.7 Å². The predicted octanol–water partition coefficient (Wildman–Crippen LogP) is 6.56. The number of hydrogen-bond donors (Lipinski definition) is 3. The Labute approximate surface area is 254 Å². The highest BCUT2D eigenvalue weighted by atomic mass is 19.4. The molecule has 44 heavy (non-hydrogen) atoms. The summed E-state index contributed by atoms with van der Waals surface area (Å²) in [6, 6.07) is 15.3. The molecule has 232 valence electrons. The molecule has 0 saturated heterocycles. The highest BCUT2D eigenvalue weighted by Gasteiger charge is 2.34. The minimum absolute atomic E-state index is 0.000437. The van der Waals surface area contributed by atoms with Crippen molar-refractivity contribution in [2.24, 2.45) is 5.92 Å². The molecule has 5 rings (SSSR count). The largest absolute Gasteiger partial charge is 0.416 e. The molecule has 2 atom stereocenters. The van der Waals surface area contributed by atoms with Crippen LogP contribution in [0, 0.1) is 5.92 Å². The number of aromatic nitrogens is 2. The number of fused-ring (bicyclic) bond motifs is 5. The first-order chi connectivity index (χ1) is 21.0. The number of carbonyl (C=O) groups is 2. The fraction of sp³-hybridized carbons (Fsp3) is 0.364. The fourth-order valence-electron chi connectivity index (χ4n) is 5.49. The standard InChI is InChI=1S/C33H37F3N6O2/c1-5-20(2)29-32(44)40-26-12-11-24(37-14-7-15-41(3)4)18-25(26)30-39-27-17-22(10-13-28(27)42(29)30)31(43)38-19-21-8-6-9-23(16-21)33(34,35)36/h6,8-13,16-18,20,29,37H,5,7,14-15,19H2,1-4H3,(H,38,43)(H,40,44)/t20?,29-/m0/s1. The van der Waals surface area contributed by atoms with Crippen LogP contribution in [0.3, 0.4) is 0 Å². The van der Waals surface area contributed by atoms with Crippen molar-refractivity contribution in [3.63, 3.8) is 0 Å². The Balaban J connectivity index is 1.48. The van der Waals surface area contributed by atoms with Crippen LogP contribution in [-0.4, -0.2) is 53.5 Å². The van der Waals surface area contributed by atoms with Gasteiger partial charge in [0.15, 0.2) is 0 Å². The monoisotopic (exact) mass is 606 g/mol. The Morgan fingerprint density at radius 1 is 1.11 bits per heavy atom. The molecule has 3 N–H and O–H groups in total. The average molecular weight is 607 g/mol. The number of halogens is 3. The lowest BCUT2D eigenvalue weighted by molar-refractivity contribution is -0.137. The van der Waals surface area contributed by atoms with Crippen molar-refractivity contribution in [2.45, 2.75) is 45.5 Å². The van der Waals surface area contributed by atoms with Crippen molar-refractivity contribution in [1.29, 1.82) is 0 Å². The smallest absolute Gasteiger partial charge is 0.385 e. The van der Waals surface area contributed by atoms with E-state index in [2.05, 4.69) is 20.9 Å². The van der Waals surface area contributed by atoms with Crippen LogP contribution in [0.2, 0.25) is 0 Å². The summed E-state index contributed by atoms with van der Waals surface area (Å²) >= 11 is 0. The Hall–Kier alpha value is -4.38. The molecule has 11 heteroatoms. The number of anilines is 2. The molecule has 0 radical (unpaired) electrons. The molecule has 0 saturated carbocycles. The van der Waals surface area contributed by atoms with E-state index < -0.39 is 23.7 Å². The lowest BCUT2D eigenvalue weighted by atomic mass is 9.97. The number of carbonyl (C=O) groups excluding carboxylic acids is 2. The number of rotatable bonds is 10. The van der Waals surface area contributed by atoms with Crippen molar-refractivity contribution in [1.82, 2.24) is 19.8 Å². The lowest BCUT2D eigenvalue weighted by Crippen LogP contribution is -2.29. The quantitative estimate of drug-likeness (QED) is 0.178. The number of alkyl halides is 3. The molecule has 3 aromatic carbocycles. The molecular weight excluding hydrogens is 569 g/mol. The zero-order chi connectivity index (χ0) is 31.6. The predicted molar refractivity (Wildman–Crippen MR) is 167 cm³/mol. The fourth-order valence-corrected chi connectivity index (χ4v) is 5.49. The number of nitrogens with one attached hydrogen (secondary N) is 3. The normalized spacial score (nSPS) is 15.4. The molecule has 2 amide bonds. The van der Waals surface area contributed by atoms with Crippen LogP contribution < -0.4 is 16.0 Å². The van der Waals surface area contributed by atoms with Crippen molar-refractivity contribution < 1.29 is 22.8 Å². The van der Waals surface area contributed by atoms with Crippen LogP contribution in [0.5, 0.6) is 0 Å². The number of benzene rings is 3. The van der Waals surface area contributed by atoms with E-state index in [-0.39, 0.29) is 18.4 Å². The molecular formula is C33H37F3N6O2. The van der Waals surface area contributed by atoms with Crippen LogP contribution in [-0.2, 0) is 17.5 Å². The average Bonchev–Trinajstić information content (AvgIpc) is 3.30. The molecule has 0 fully saturated rings. The number of nitrogens with zero attached hydrogens (tertiary/aromatic N) is 3. The van der Waals surface area contributed by atoms with Crippen molar-refractivity contribution in [2.75, 3.05) is 37.8 Å². The van der Waals surface area contributed by atoms with Gasteiger partial charge in [-0.05, 0) is 87.1 Å². The third kappa shape index (κ3) is 6.57. The highest BCUT2D eigenvalue weighted by Crippen LogP contribution is 2.40. The SMILES string of the molecule is CCC(C)[C@H]1C(=O)Nc2ccc(NCCCN(C)C)cc2-c2nc3cc(C(=O)NCc4cccc(C(F)(F)F)c4)ccc3n21. The van der Waals surface area contributed by atoms with Gasteiger partial charge in [0.2, 0.25) is 5.91 Å². The Morgan fingerprint density at radius 2 is 1.91 bits per heavy atom. The summed E-state index contributed by atoms with van der Waals surface area (Å²) in [6.45, 7) is 5.75. The summed E-state index contributed by atoms with van der Waals surface area (Å²) in [7, 11) is 4.07. The summed E-state index contributed by atoms with van der Waals surface area (Å²) in [4.78, 5) is 33.8. The van der Waals surface area contributed by atoms with Crippen molar-refractivity contribution in [3.05, 3.63) is 77.4 Å². The molecule has 0 spiro atoms. The first-order valence-corrected chi connectivity index (χ1v) is 14.8. The zero-order valence-electron chi connectivity index (χ0n) is 25.3. The molecule has 0 bridgehead atoms. The summed E-state index contributed by atoms with van der Waals surface area (Å²) in [5, 5.41) is 9.28. The van der Waals surface area contributed by atoms with E-state index in [0.717, 1.165) is 49.3 Å². The molecule has 2 heterocycles.